The van der Waals surface area contributed by atoms with Crippen molar-refractivity contribution in [1.82, 2.24) is 0 Å². The summed E-state index contributed by atoms with van der Waals surface area (Å²) in [5.41, 5.74) is 0. The first-order chi connectivity index (χ1) is 6.75. The number of aliphatic hydroxyl groups is 4. The van der Waals surface area contributed by atoms with Crippen molar-refractivity contribution in [3.63, 3.8) is 0 Å². The van der Waals surface area contributed by atoms with Crippen LogP contribution in [0.3, 0.4) is 0 Å². The first kappa shape index (κ1) is 10.1. The molecule has 0 aromatic carbocycles. The molecule has 3 heterocycles. The van der Waals surface area contributed by atoms with Crippen molar-refractivity contribution in [2.75, 3.05) is 6.61 Å². The molecule has 10 heteroatoms. The minimum atomic E-state index is -4.32. The van der Waals surface area contributed by atoms with Gasteiger partial charge in [-0.05, 0) is 0 Å². The number of phosphoric ester groups is 1. The van der Waals surface area contributed by atoms with Crippen molar-refractivity contribution in [2.45, 2.75) is 23.7 Å². The van der Waals surface area contributed by atoms with Gasteiger partial charge in [0, 0.05) is 0 Å². The van der Waals surface area contributed by atoms with Crippen molar-refractivity contribution in [1.29, 1.82) is 0 Å². The molecule has 3 fully saturated rings. The van der Waals surface area contributed by atoms with Crippen LogP contribution in [0.5, 0.6) is 0 Å². The third kappa shape index (κ3) is 0.860. The van der Waals surface area contributed by atoms with Crippen LogP contribution in [0.15, 0.2) is 0 Å². The lowest BCUT2D eigenvalue weighted by Gasteiger charge is -2.47. The van der Waals surface area contributed by atoms with E-state index in [1.54, 1.807) is 0 Å². The molecule has 3 aliphatic heterocycles. The average molecular weight is 242 g/mol. The number of aliphatic hydroxyl groups excluding tert-OH is 1. The maximum absolute atomic E-state index is 11.5. The molecule has 0 saturated carbocycles. The van der Waals surface area contributed by atoms with Crippen LogP contribution in [0.4, 0.5) is 0 Å². The molecule has 2 bridgehead atoms. The van der Waals surface area contributed by atoms with Gasteiger partial charge in [-0.15, -0.1) is 0 Å². The van der Waals surface area contributed by atoms with Gasteiger partial charge in [0.05, 0.1) is 6.61 Å². The van der Waals surface area contributed by atoms with Crippen LogP contribution in [-0.2, 0) is 22.9 Å². The molecule has 0 aromatic heterocycles. The summed E-state index contributed by atoms with van der Waals surface area (Å²) in [7, 11) is -4.32. The summed E-state index contributed by atoms with van der Waals surface area (Å²) < 4.78 is 29.1. The highest BCUT2D eigenvalue weighted by Crippen LogP contribution is 2.75. The van der Waals surface area contributed by atoms with Crippen molar-refractivity contribution < 1.29 is 43.3 Å². The molecule has 0 radical (unpaired) electrons. The van der Waals surface area contributed by atoms with E-state index >= 15 is 0 Å². The van der Waals surface area contributed by atoms with Gasteiger partial charge in [-0.2, -0.15) is 0 Å². The number of hydrogen-bond donors (Lipinski definition) is 4. The van der Waals surface area contributed by atoms with E-state index in [4.69, 9.17) is 0 Å². The van der Waals surface area contributed by atoms with Crippen LogP contribution in [0.25, 0.3) is 0 Å². The van der Waals surface area contributed by atoms with Crippen LogP contribution in [0.1, 0.15) is 0 Å². The first-order valence-electron chi connectivity index (χ1n) is 3.96. The van der Waals surface area contributed by atoms with E-state index in [9.17, 15) is 25.0 Å². The van der Waals surface area contributed by atoms with Crippen LogP contribution in [0.2, 0.25) is 0 Å². The quantitative estimate of drug-likeness (QED) is 0.342. The Bertz CT molecular complexity index is 379. The molecule has 0 spiro atoms. The SMILES string of the molecule is O=P12OC3(O)OC[C@H](O)[C@@](O)(O1)[C@]3(O)O2. The van der Waals surface area contributed by atoms with E-state index in [0.29, 0.717) is 0 Å². The molecule has 5 atom stereocenters. The third-order valence-electron chi connectivity index (χ3n) is 2.53. The van der Waals surface area contributed by atoms with Crippen LogP contribution >= 0.6 is 7.82 Å². The average Bonchev–Trinajstić information content (AvgIpc) is 2.42. The van der Waals surface area contributed by atoms with Gasteiger partial charge in [0.25, 0.3) is 5.79 Å². The van der Waals surface area contributed by atoms with E-state index < -0.39 is 38.1 Å². The normalized spacial score (nSPS) is 67.3. The van der Waals surface area contributed by atoms with Crippen molar-refractivity contribution in [3.05, 3.63) is 0 Å². The Kier molecular flexibility index (Phi) is 1.53. The van der Waals surface area contributed by atoms with Crippen LogP contribution in [-0.4, -0.2) is 50.7 Å². The fraction of sp³-hybridized carbons (Fsp3) is 1.00. The van der Waals surface area contributed by atoms with Crippen molar-refractivity contribution >= 4 is 7.82 Å². The van der Waals surface area contributed by atoms with Gasteiger partial charge < -0.3 is 25.2 Å². The Balaban J connectivity index is 2.20. The predicted octanol–water partition coefficient (Wildman–Crippen LogP) is -2.41. The summed E-state index contributed by atoms with van der Waals surface area (Å²) in [5, 5.41) is 38.4. The molecule has 4 N–H and O–H groups in total. The minimum Gasteiger partial charge on any atom is -0.385 e. The molecular formula is C5H7O9P. The van der Waals surface area contributed by atoms with Gasteiger partial charge >= 0.3 is 19.6 Å². The molecule has 0 aliphatic carbocycles. The highest BCUT2D eigenvalue weighted by molar-refractivity contribution is 7.49. The molecule has 0 aromatic rings. The number of hydrogen-bond acceptors (Lipinski definition) is 9. The zero-order chi connectivity index (χ0) is 11.1. The summed E-state index contributed by atoms with van der Waals surface area (Å²) in [5.74, 6) is -8.49. The molecule has 0 amide bonds. The summed E-state index contributed by atoms with van der Waals surface area (Å²) in [6.07, 6.45) is -1.73. The Labute approximate surface area is 82.4 Å². The van der Waals surface area contributed by atoms with Crippen LogP contribution < -0.4 is 0 Å². The molecule has 3 saturated heterocycles. The smallest absolute Gasteiger partial charge is 0.385 e. The van der Waals surface area contributed by atoms with E-state index in [-0.39, 0.29) is 0 Å². The number of rotatable bonds is 0. The lowest BCUT2D eigenvalue weighted by molar-refractivity contribution is -0.512. The Morgan fingerprint density at radius 2 is 1.87 bits per heavy atom. The van der Waals surface area contributed by atoms with Crippen molar-refractivity contribution in [2.24, 2.45) is 0 Å². The summed E-state index contributed by atoms with van der Waals surface area (Å²) in [6.45, 7) is -0.585. The number of fused-ring (bicyclic) bond motifs is 1. The second-order valence-electron chi connectivity index (χ2n) is 3.47. The van der Waals surface area contributed by atoms with E-state index in [2.05, 4.69) is 18.3 Å². The molecule has 2 unspecified atom stereocenters. The summed E-state index contributed by atoms with van der Waals surface area (Å²) in [6, 6.07) is 0. The molecule has 3 rings (SSSR count). The second kappa shape index (κ2) is 2.28. The molecule has 86 valence electrons. The van der Waals surface area contributed by atoms with Crippen LogP contribution in [0, 0.1) is 0 Å². The third-order valence-corrected chi connectivity index (χ3v) is 3.99. The first-order valence-corrected chi connectivity index (χ1v) is 5.42. The van der Waals surface area contributed by atoms with Gasteiger partial charge in [-0.1, -0.05) is 0 Å². The fourth-order valence-corrected chi connectivity index (χ4v) is 3.48. The van der Waals surface area contributed by atoms with E-state index in [0.717, 1.165) is 0 Å². The lowest BCUT2D eigenvalue weighted by atomic mass is 9.95. The number of ether oxygens (including phenoxy) is 1. The van der Waals surface area contributed by atoms with Crippen molar-refractivity contribution in [3.8, 4) is 0 Å². The molecular weight excluding hydrogens is 235 g/mol. The second-order valence-corrected chi connectivity index (χ2v) is 4.91. The molecule has 15 heavy (non-hydrogen) atoms. The monoisotopic (exact) mass is 242 g/mol. The zero-order valence-corrected chi connectivity index (χ0v) is 7.96. The summed E-state index contributed by atoms with van der Waals surface area (Å²) >= 11 is 0. The maximum atomic E-state index is 11.5. The Morgan fingerprint density at radius 3 is 2.40 bits per heavy atom. The molecule has 9 nitrogen and oxygen atoms in total. The van der Waals surface area contributed by atoms with Gasteiger partial charge in [0.2, 0.25) is 0 Å². The van der Waals surface area contributed by atoms with Gasteiger partial charge in [-0.3, -0.25) is 0 Å². The van der Waals surface area contributed by atoms with Gasteiger partial charge in [0.15, 0.2) is 0 Å². The van der Waals surface area contributed by atoms with E-state index in [1.807, 2.05) is 0 Å². The zero-order valence-electron chi connectivity index (χ0n) is 7.06. The standard InChI is InChI=1S/C5H7O9P/c6-2-1-11-5(9)4(8)3(2,7)12-15(10,13-4)14-5/h2,6-9H,1H2/t2-,3+,4-,5?,15?/m0/s1. The maximum Gasteiger partial charge on any atom is 0.485 e. The van der Waals surface area contributed by atoms with Gasteiger partial charge in [-0.25, -0.2) is 18.1 Å². The highest BCUT2D eigenvalue weighted by Gasteiger charge is 2.88. The van der Waals surface area contributed by atoms with E-state index in [1.165, 1.54) is 0 Å². The predicted molar refractivity (Wildman–Crippen MR) is 37.7 cm³/mol. The summed E-state index contributed by atoms with van der Waals surface area (Å²) in [4.78, 5) is 0. The highest BCUT2D eigenvalue weighted by atomic mass is 31.2. The fourth-order valence-electron chi connectivity index (χ4n) is 1.73. The minimum absolute atomic E-state index is 0.585. The van der Waals surface area contributed by atoms with Gasteiger partial charge in [0.1, 0.15) is 6.10 Å². The Morgan fingerprint density at radius 1 is 1.20 bits per heavy atom. The Hall–Kier alpha value is -0.0900. The largest absolute Gasteiger partial charge is 0.485 e. The topological polar surface area (TPSA) is 135 Å². The molecule has 3 aliphatic rings. The number of phosphoric acid groups is 1. The lowest BCUT2D eigenvalue weighted by Crippen LogP contribution is -2.76.